The van der Waals surface area contributed by atoms with Gasteiger partial charge in [0.15, 0.2) is 5.78 Å². The minimum Gasteiger partial charge on any atom is -0.410 e. The molecule has 1 aliphatic heterocycles. The van der Waals surface area contributed by atoms with Crippen LogP contribution in [-0.2, 0) is 0 Å². The minimum atomic E-state index is -0.327. The molecule has 0 bridgehead atoms. The summed E-state index contributed by atoms with van der Waals surface area (Å²) in [7, 11) is 0. The van der Waals surface area contributed by atoms with Crippen LogP contribution in [0.1, 0.15) is 36.5 Å². The Morgan fingerprint density at radius 1 is 1.19 bits per heavy atom. The Kier molecular flexibility index (Phi) is 5.75. The summed E-state index contributed by atoms with van der Waals surface area (Å²) in [6, 6.07) is 6.78. The number of Topliss-reactive ketones (excluding diaryl/α,β-unsaturated/α-hetero) is 1. The Morgan fingerprint density at radius 3 is 2.67 bits per heavy atom. The number of ether oxygens (including phenoxy) is 1. The van der Waals surface area contributed by atoms with E-state index in [1.54, 1.807) is 29.2 Å². The predicted molar refractivity (Wildman–Crippen MR) is 80.8 cm³/mol. The van der Waals surface area contributed by atoms with E-state index in [4.69, 9.17) is 4.74 Å². The molecule has 1 saturated heterocycles. The number of hydrogen-bond donors (Lipinski definition) is 1. The van der Waals surface area contributed by atoms with Gasteiger partial charge in [-0.1, -0.05) is 6.92 Å². The monoisotopic (exact) mass is 290 g/mol. The molecule has 21 heavy (non-hydrogen) atoms. The summed E-state index contributed by atoms with van der Waals surface area (Å²) in [5.41, 5.74) is 0.663. The number of ketones is 1. The first-order chi connectivity index (χ1) is 10.2. The maximum absolute atomic E-state index is 12.1. The van der Waals surface area contributed by atoms with E-state index in [1.165, 1.54) is 0 Å². The average Bonchev–Trinajstić information content (AvgIpc) is 2.77. The zero-order chi connectivity index (χ0) is 15.1. The summed E-state index contributed by atoms with van der Waals surface area (Å²) in [6.45, 7) is 5.06. The zero-order valence-electron chi connectivity index (χ0n) is 12.4. The number of rotatable bonds is 4. The molecule has 1 N–H and O–H groups in total. The van der Waals surface area contributed by atoms with Crippen molar-refractivity contribution in [2.45, 2.75) is 26.2 Å². The molecule has 0 atom stereocenters. The summed E-state index contributed by atoms with van der Waals surface area (Å²) < 4.78 is 5.35. The third kappa shape index (κ3) is 4.56. The maximum atomic E-state index is 12.1. The lowest BCUT2D eigenvalue weighted by molar-refractivity contribution is 0.0981. The standard InChI is InChI=1S/C16H22N2O3/c1-2-4-15(19)13-5-7-14(8-6-13)21-16(20)18-11-3-9-17-10-12-18/h5-8,17H,2-4,9-12H2,1H3. The van der Waals surface area contributed by atoms with Crippen molar-refractivity contribution in [3.8, 4) is 5.75 Å². The molecular formula is C16H22N2O3. The van der Waals surface area contributed by atoms with Crippen molar-refractivity contribution >= 4 is 11.9 Å². The Balaban J connectivity index is 1.93. The van der Waals surface area contributed by atoms with Crippen molar-refractivity contribution in [3.05, 3.63) is 29.8 Å². The lowest BCUT2D eigenvalue weighted by atomic mass is 10.1. The summed E-state index contributed by atoms with van der Waals surface area (Å²) in [5.74, 6) is 0.597. The van der Waals surface area contributed by atoms with Crippen molar-refractivity contribution in [2.75, 3.05) is 26.2 Å². The molecule has 0 aromatic heterocycles. The van der Waals surface area contributed by atoms with E-state index in [0.717, 1.165) is 25.9 Å². The van der Waals surface area contributed by atoms with Crippen LogP contribution in [0.2, 0.25) is 0 Å². The molecule has 0 unspecified atom stereocenters. The highest BCUT2D eigenvalue weighted by molar-refractivity contribution is 5.96. The Hall–Kier alpha value is -1.88. The van der Waals surface area contributed by atoms with Crippen LogP contribution < -0.4 is 10.1 Å². The number of amides is 1. The van der Waals surface area contributed by atoms with E-state index < -0.39 is 0 Å². The van der Waals surface area contributed by atoms with Crippen molar-refractivity contribution in [1.29, 1.82) is 0 Å². The van der Waals surface area contributed by atoms with Gasteiger partial charge in [-0.05, 0) is 43.7 Å². The van der Waals surface area contributed by atoms with Gasteiger partial charge in [0.25, 0.3) is 0 Å². The highest BCUT2D eigenvalue weighted by Gasteiger charge is 2.17. The van der Waals surface area contributed by atoms with Crippen molar-refractivity contribution in [2.24, 2.45) is 0 Å². The number of nitrogens with zero attached hydrogens (tertiary/aromatic N) is 1. The lowest BCUT2D eigenvalue weighted by Crippen LogP contribution is -2.36. The molecule has 0 radical (unpaired) electrons. The quantitative estimate of drug-likeness (QED) is 0.865. The van der Waals surface area contributed by atoms with Crippen LogP contribution >= 0.6 is 0 Å². The first-order valence-electron chi connectivity index (χ1n) is 7.51. The van der Waals surface area contributed by atoms with Gasteiger partial charge in [0.2, 0.25) is 0 Å². The molecule has 5 heteroatoms. The fourth-order valence-corrected chi connectivity index (χ4v) is 2.27. The van der Waals surface area contributed by atoms with Gasteiger partial charge < -0.3 is 15.0 Å². The Bertz CT molecular complexity index is 477. The molecular weight excluding hydrogens is 268 g/mol. The van der Waals surface area contributed by atoms with Crippen molar-refractivity contribution in [1.82, 2.24) is 10.2 Å². The number of benzene rings is 1. The highest BCUT2D eigenvalue weighted by Crippen LogP contribution is 2.15. The van der Waals surface area contributed by atoms with Crippen LogP contribution in [0.5, 0.6) is 5.75 Å². The molecule has 2 rings (SSSR count). The van der Waals surface area contributed by atoms with Crippen LogP contribution in [0.15, 0.2) is 24.3 Å². The summed E-state index contributed by atoms with van der Waals surface area (Å²) in [6.07, 6.45) is 1.98. The van der Waals surface area contributed by atoms with Crippen molar-refractivity contribution in [3.63, 3.8) is 0 Å². The molecule has 0 spiro atoms. The van der Waals surface area contributed by atoms with Gasteiger partial charge in [-0.15, -0.1) is 0 Å². The van der Waals surface area contributed by atoms with E-state index in [-0.39, 0.29) is 11.9 Å². The lowest BCUT2D eigenvalue weighted by Gasteiger charge is -2.19. The number of carbonyl (C=O) groups excluding carboxylic acids is 2. The van der Waals surface area contributed by atoms with Crippen LogP contribution in [0.25, 0.3) is 0 Å². The van der Waals surface area contributed by atoms with Crippen LogP contribution in [0.4, 0.5) is 4.79 Å². The van der Waals surface area contributed by atoms with Crippen LogP contribution in [-0.4, -0.2) is 43.0 Å². The maximum Gasteiger partial charge on any atom is 0.415 e. The molecule has 114 valence electrons. The molecule has 0 saturated carbocycles. The third-order valence-corrected chi connectivity index (χ3v) is 3.46. The molecule has 1 aromatic rings. The number of nitrogens with one attached hydrogen (secondary N) is 1. The topological polar surface area (TPSA) is 58.6 Å². The smallest absolute Gasteiger partial charge is 0.410 e. The van der Waals surface area contributed by atoms with Gasteiger partial charge in [0.1, 0.15) is 5.75 Å². The minimum absolute atomic E-state index is 0.119. The SMILES string of the molecule is CCCC(=O)c1ccc(OC(=O)N2CCCNCC2)cc1. The predicted octanol–water partition coefficient (Wildman–Crippen LogP) is 2.46. The summed E-state index contributed by atoms with van der Waals surface area (Å²) in [5, 5.41) is 3.24. The normalized spacial score (nSPS) is 15.4. The second-order valence-corrected chi connectivity index (χ2v) is 5.16. The van der Waals surface area contributed by atoms with Crippen LogP contribution in [0.3, 0.4) is 0 Å². The van der Waals surface area contributed by atoms with Gasteiger partial charge in [0, 0.05) is 31.6 Å². The van der Waals surface area contributed by atoms with Crippen molar-refractivity contribution < 1.29 is 14.3 Å². The molecule has 1 aliphatic rings. The van der Waals surface area contributed by atoms with Gasteiger partial charge in [0.05, 0.1) is 0 Å². The van der Waals surface area contributed by atoms with E-state index >= 15 is 0 Å². The van der Waals surface area contributed by atoms with E-state index in [2.05, 4.69) is 5.32 Å². The average molecular weight is 290 g/mol. The van der Waals surface area contributed by atoms with Gasteiger partial charge >= 0.3 is 6.09 Å². The highest BCUT2D eigenvalue weighted by atomic mass is 16.6. The summed E-state index contributed by atoms with van der Waals surface area (Å²) in [4.78, 5) is 25.5. The fourth-order valence-electron chi connectivity index (χ4n) is 2.27. The third-order valence-electron chi connectivity index (χ3n) is 3.46. The van der Waals surface area contributed by atoms with E-state index in [0.29, 0.717) is 30.8 Å². The number of carbonyl (C=O) groups is 2. The fraction of sp³-hybridized carbons (Fsp3) is 0.500. The molecule has 0 aliphatic carbocycles. The number of hydrogen-bond acceptors (Lipinski definition) is 4. The van der Waals surface area contributed by atoms with E-state index in [9.17, 15) is 9.59 Å². The first-order valence-corrected chi connectivity index (χ1v) is 7.51. The van der Waals surface area contributed by atoms with Gasteiger partial charge in [-0.2, -0.15) is 0 Å². The molecule has 1 amide bonds. The molecule has 1 fully saturated rings. The molecule has 1 heterocycles. The molecule has 1 aromatic carbocycles. The second-order valence-electron chi connectivity index (χ2n) is 5.16. The van der Waals surface area contributed by atoms with E-state index in [1.807, 2.05) is 6.92 Å². The van der Waals surface area contributed by atoms with Gasteiger partial charge in [-0.25, -0.2) is 4.79 Å². The second kappa shape index (κ2) is 7.78. The Labute approximate surface area is 125 Å². The first kappa shape index (κ1) is 15.5. The summed E-state index contributed by atoms with van der Waals surface area (Å²) >= 11 is 0. The Morgan fingerprint density at radius 2 is 1.95 bits per heavy atom. The zero-order valence-corrected chi connectivity index (χ0v) is 12.4. The largest absolute Gasteiger partial charge is 0.415 e. The van der Waals surface area contributed by atoms with Crippen LogP contribution in [0, 0.1) is 0 Å². The van der Waals surface area contributed by atoms with Gasteiger partial charge in [-0.3, -0.25) is 4.79 Å². The molecule has 5 nitrogen and oxygen atoms in total.